The molecule has 230 valence electrons. The summed E-state index contributed by atoms with van der Waals surface area (Å²) >= 11 is 1.93. The fraction of sp³-hybridized carbons (Fsp3) is 0.136. The van der Waals surface area contributed by atoms with Crippen LogP contribution < -0.4 is 0 Å². The van der Waals surface area contributed by atoms with E-state index in [4.69, 9.17) is 9.97 Å². The van der Waals surface area contributed by atoms with Crippen molar-refractivity contribution in [2.75, 3.05) is 0 Å². The van der Waals surface area contributed by atoms with Gasteiger partial charge in [-0.1, -0.05) is 85.0 Å². The van der Waals surface area contributed by atoms with Crippen LogP contribution in [0.5, 0.6) is 0 Å². The monoisotopic (exact) mass is 635 g/mol. The van der Waals surface area contributed by atoms with Crippen LogP contribution in [0.25, 0.3) is 71.5 Å². The lowest BCUT2D eigenvalue weighted by Crippen LogP contribution is -2.02. The maximum atomic E-state index is 5.26. The Labute approximate surface area is 283 Å². The summed E-state index contributed by atoms with van der Waals surface area (Å²) in [5.41, 5.74) is 12.5. The van der Waals surface area contributed by atoms with E-state index in [1.807, 2.05) is 11.3 Å². The lowest BCUT2D eigenvalue weighted by molar-refractivity contribution is 0.903. The third-order valence-electron chi connectivity index (χ3n) is 10.3. The summed E-state index contributed by atoms with van der Waals surface area (Å²) in [6.45, 7) is 0. The lowest BCUT2D eigenvalue weighted by Gasteiger charge is -2.19. The zero-order valence-electron chi connectivity index (χ0n) is 26.6. The fourth-order valence-corrected chi connectivity index (χ4v) is 9.25. The summed E-state index contributed by atoms with van der Waals surface area (Å²) in [4.78, 5) is 11.7. The molecule has 0 radical (unpaired) electrons. The van der Waals surface area contributed by atoms with Crippen molar-refractivity contribution in [3.63, 3.8) is 0 Å². The van der Waals surface area contributed by atoms with E-state index in [1.165, 1.54) is 59.1 Å². The first kappa shape index (κ1) is 27.8. The fourth-order valence-electron chi connectivity index (χ4n) is 7.93. The Morgan fingerprint density at radius 1 is 0.604 bits per heavy atom. The number of hydrogen-bond donors (Lipinski definition) is 0. The molecule has 0 fully saturated rings. The van der Waals surface area contributed by atoms with Crippen LogP contribution in [-0.4, -0.2) is 14.5 Å². The van der Waals surface area contributed by atoms with E-state index in [0.717, 1.165) is 72.2 Å². The van der Waals surface area contributed by atoms with Crippen molar-refractivity contribution in [3.8, 4) is 17.1 Å². The van der Waals surface area contributed by atoms with Crippen LogP contribution in [0.15, 0.2) is 133 Å². The summed E-state index contributed by atoms with van der Waals surface area (Å²) in [6, 6.07) is 30.8. The molecule has 3 aliphatic carbocycles. The molecule has 3 heterocycles. The van der Waals surface area contributed by atoms with Gasteiger partial charge in [0.25, 0.3) is 0 Å². The van der Waals surface area contributed by atoms with Gasteiger partial charge in [-0.05, 0) is 109 Å². The molecule has 0 amide bonds. The SMILES string of the molecule is C1=CCCC(C2=CC=C(c3nc(-c4ccc(-n5c6ccccc6c6ccc7c8c(sc7c65)C=CCC8)cc4)nc4ccccc34)CC2)=C1. The van der Waals surface area contributed by atoms with Crippen LogP contribution in [-0.2, 0) is 6.42 Å². The number of nitrogens with zero attached hydrogens (tertiary/aromatic N) is 3. The van der Waals surface area contributed by atoms with E-state index in [1.54, 1.807) is 0 Å². The van der Waals surface area contributed by atoms with Crippen molar-refractivity contribution in [1.29, 1.82) is 0 Å². The highest BCUT2D eigenvalue weighted by Crippen LogP contribution is 2.44. The Bertz CT molecular complexity index is 2600. The number of benzene rings is 4. The second kappa shape index (κ2) is 11.1. The summed E-state index contributed by atoms with van der Waals surface area (Å²) in [6.07, 6.45) is 22.5. The maximum absolute atomic E-state index is 5.26. The number of hydrogen-bond acceptors (Lipinski definition) is 3. The molecule has 7 aromatic rings. The first-order chi connectivity index (χ1) is 23.8. The molecular weight excluding hydrogens is 603 g/mol. The topological polar surface area (TPSA) is 30.7 Å². The number of thiophene rings is 1. The van der Waals surface area contributed by atoms with Crippen molar-refractivity contribution in [1.82, 2.24) is 14.5 Å². The van der Waals surface area contributed by atoms with Crippen molar-refractivity contribution < 1.29 is 0 Å². The second-order valence-corrected chi connectivity index (χ2v) is 14.1. The largest absolute Gasteiger partial charge is 0.308 e. The molecule has 0 unspecified atom stereocenters. The van der Waals surface area contributed by atoms with Gasteiger partial charge in [-0.25, -0.2) is 9.97 Å². The minimum Gasteiger partial charge on any atom is -0.308 e. The van der Waals surface area contributed by atoms with Crippen LogP contribution >= 0.6 is 11.3 Å². The number of fused-ring (bicyclic) bond motifs is 8. The molecule has 4 heteroatoms. The Hall–Kier alpha value is -5.32. The van der Waals surface area contributed by atoms with E-state index in [2.05, 4.69) is 132 Å². The molecule has 0 aliphatic heterocycles. The molecule has 0 saturated carbocycles. The minimum absolute atomic E-state index is 0.772. The molecule has 48 heavy (non-hydrogen) atoms. The molecule has 3 nitrogen and oxygen atoms in total. The van der Waals surface area contributed by atoms with Crippen LogP contribution in [0.2, 0.25) is 0 Å². The van der Waals surface area contributed by atoms with Gasteiger partial charge in [0.2, 0.25) is 0 Å². The van der Waals surface area contributed by atoms with Crippen molar-refractivity contribution in [3.05, 3.63) is 149 Å². The average molecular weight is 636 g/mol. The summed E-state index contributed by atoms with van der Waals surface area (Å²) < 4.78 is 3.84. The van der Waals surface area contributed by atoms with Gasteiger partial charge in [0.05, 0.1) is 26.9 Å². The van der Waals surface area contributed by atoms with Crippen LogP contribution in [0.3, 0.4) is 0 Å². The molecule has 3 aromatic heterocycles. The van der Waals surface area contributed by atoms with E-state index in [9.17, 15) is 0 Å². The second-order valence-electron chi connectivity index (χ2n) is 13.1. The number of aromatic nitrogens is 3. The predicted octanol–water partition coefficient (Wildman–Crippen LogP) is 11.9. The van der Waals surface area contributed by atoms with Gasteiger partial charge < -0.3 is 4.57 Å². The van der Waals surface area contributed by atoms with E-state index in [-0.39, 0.29) is 0 Å². The number of rotatable bonds is 4. The van der Waals surface area contributed by atoms with Gasteiger partial charge >= 0.3 is 0 Å². The van der Waals surface area contributed by atoms with Gasteiger partial charge in [-0.2, -0.15) is 0 Å². The maximum Gasteiger partial charge on any atom is 0.160 e. The number of para-hydroxylation sites is 2. The van der Waals surface area contributed by atoms with E-state index in [0.29, 0.717) is 0 Å². The molecule has 0 bridgehead atoms. The molecule has 0 saturated heterocycles. The summed E-state index contributed by atoms with van der Waals surface area (Å²) in [5, 5.41) is 5.11. The molecular formula is C44H33N3S. The molecule has 0 atom stereocenters. The van der Waals surface area contributed by atoms with Gasteiger partial charge in [0, 0.05) is 32.3 Å². The molecule has 0 N–H and O–H groups in total. The highest BCUT2D eigenvalue weighted by Gasteiger charge is 2.21. The summed E-state index contributed by atoms with van der Waals surface area (Å²) in [5.74, 6) is 0.772. The first-order valence-electron chi connectivity index (χ1n) is 17.1. The predicted molar refractivity (Wildman–Crippen MR) is 204 cm³/mol. The summed E-state index contributed by atoms with van der Waals surface area (Å²) in [7, 11) is 0. The van der Waals surface area contributed by atoms with Crippen molar-refractivity contribution in [2.45, 2.75) is 38.5 Å². The Kier molecular flexibility index (Phi) is 6.44. The van der Waals surface area contributed by atoms with Crippen molar-refractivity contribution >= 4 is 65.8 Å². The van der Waals surface area contributed by atoms with E-state index >= 15 is 0 Å². The average Bonchev–Trinajstić information content (AvgIpc) is 3.71. The number of aryl methyl sites for hydroxylation is 1. The van der Waals surface area contributed by atoms with Gasteiger partial charge in [-0.15, -0.1) is 11.3 Å². The molecule has 10 rings (SSSR count). The highest BCUT2D eigenvalue weighted by atomic mass is 32.1. The van der Waals surface area contributed by atoms with Crippen LogP contribution in [0.4, 0.5) is 0 Å². The number of allylic oxidation sites excluding steroid dienone is 9. The van der Waals surface area contributed by atoms with Gasteiger partial charge in [-0.3, -0.25) is 0 Å². The zero-order chi connectivity index (χ0) is 31.6. The standard InChI is InChI=1S/C44H33N3S/c1-2-10-28(11-3-1)29-18-20-30(21-19-29)41-37-14-4-7-15-38(37)45-44(46-41)31-22-24-32(25-23-31)47-39-16-8-5-12-33(39)35-26-27-36-34-13-6-9-17-40(34)48-43(36)42(35)47/h1-2,4-5,7-10,12,14-18,20,22-27H,3,6,11,13,19,21H2. The Balaban J connectivity index is 1.09. The quantitative estimate of drug-likeness (QED) is 0.193. The minimum atomic E-state index is 0.772. The Morgan fingerprint density at radius 3 is 2.23 bits per heavy atom. The lowest BCUT2D eigenvalue weighted by atomic mass is 9.87. The zero-order valence-corrected chi connectivity index (χ0v) is 27.4. The normalized spacial score (nSPS) is 16.0. The third-order valence-corrected chi connectivity index (χ3v) is 11.5. The van der Waals surface area contributed by atoms with Crippen LogP contribution in [0.1, 0.15) is 48.2 Å². The molecule has 4 aromatic carbocycles. The molecule has 0 spiro atoms. The first-order valence-corrected chi connectivity index (χ1v) is 17.9. The van der Waals surface area contributed by atoms with E-state index < -0.39 is 0 Å². The Morgan fingerprint density at radius 2 is 1.38 bits per heavy atom. The van der Waals surface area contributed by atoms with Gasteiger partial charge in [0.15, 0.2) is 5.82 Å². The highest BCUT2D eigenvalue weighted by molar-refractivity contribution is 7.21. The van der Waals surface area contributed by atoms with Gasteiger partial charge in [0.1, 0.15) is 0 Å². The van der Waals surface area contributed by atoms with Crippen molar-refractivity contribution in [2.24, 2.45) is 0 Å². The van der Waals surface area contributed by atoms with Crippen LogP contribution in [0, 0.1) is 0 Å². The molecule has 3 aliphatic rings. The smallest absolute Gasteiger partial charge is 0.160 e. The third kappa shape index (κ3) is 4.40.